The molecule has 1 aromatic heterocycles. The molecular weight excluding hydrogens is 334 g/mol. The highest BCUT2D eigenvalue weighted by Gasteiger charge is 2.12. The zero-order valence-electron chi connectivity index (χ0n) is 12.7. The molecule has 7 heteroatoms. The number of amides is 1. The summed E-state index contributed by atoms with van der Waals surface area (Å²) in [7, 11) is 0. The van der Waals surface area contributed by atoms with Crippen molar-refractivity contribution in [3.8, 4) is 11.6 Å². The summed E-state index contributed by atoms with van der Waals surface area (Å²) in [5.41, 5.74) is 6.50. The van der Waals surface area contributed by atoms with Crippen LogP contribution in [-0.2, 0) is 4.79 Å². The maximum Gasteiger partial charge on any atom is 0.241 e. The number of carbonyl (C=O) groups is 1. The van der Waals surface area contributed by atoms with Crippen LogP contribution < -0.4 is 15.8 Å². The third kappa shape index (κ3) is 5.74. The second-order valence-electron chi connectivity index (χ2n) is 4.82. The lowest BCUT2D eigenvalue weighted by Gasteiger charge is -2.12. The predicted octanol–water partition coefficient (Wildman–Crippen LogP) is 3.55. The first kappa shape index (κ1) is 17.6. The average molecular weight is 352 g/mol. The molecule has 1 amide bonds. The molecular formula is C16H18ClN3O2S. The Kier molecular flexibility index (Phi) is 6.70. The second-order valence-corrected chi connectivity index (χ2v) is 6.24. The molecule has 1 heterocycles. The van der Waals surface area contributed by atoms with E-state index in [0.29, 0.717) is 28.8 Å². The fourth-order valence-electron chi connectivity index (χ4n) is 1.76. The van der Waals surface area contributed by atoms with Crippen molar-refractivity contribution in [1.29, 1.82) is 0 Å². The zero-order chi connectivity index (χ0) is 16.7. The van der Waals surface area contributed by atoms with E-state index in [0.717, 1.165) is 5.75 Å². The number of rotatable bonds is 7. The van der Waals surface area contributed by atoms with Gasteiger partial charge < -0.3 is 15.8 Å². The molecule has 5 nitrogen and oxygen atoms in total. The van der Waals surface area contributed by atoms with Gasteiger partial charge in [0, 0.05) is 18.0 Å². The van der Waals surface area contributed by atoms with Crippen molar-refractivity contribution in [3.63, 3.8) is 0 Å². The monoisotopic (exact) mass is 351 g/mol. The van der Waals surface area contributed by atoms with Gasteiger partial charge in [0.2, 0.25) is 11.8 Å². The van der Waals surface area contributed by atoms with E-state index in [1.54, 1.807) is 48.2 Å². The minimum Gasteiger partial charge on any atom is -0.439 e. The number of nitrogens with one attached hydrogen (secondary N) is 1. The third-order valence-corrected chi connectivity index (χ3v) is 3.88. The van der Waals surface area contributed by atoms with E-state index in [1.165, 1.54) is 6.20 Å². The fourth-order valence-corrected chi connectivity index (χ4v) is 2.36. The van der Waals surface area contributed by atoms with Gasteiger partial charge in [-0.3, -0.25) is 4.79 Å². The van der Waals surface area contributed by atoms with Gasteiger partial charge in [0.05, 0.1) is 11.1 Å². The molecule has 0 saturated carbocycles. The Morgan fingerprint density at radius 2 is 2.09 bits per heavy atom. The SMILES string of the molecule is CSCC[C@H](N)C(=O)Nc1ccc(Oc2ccc(Cl)cn2)cc1. The van der Waals surface area contributed by atoms with Gasteiger partial charge in [0.25, 0.3) is 0 Å². The molecule has 2 rings (SSSR count). The Morgan fingerprint density at radius 3 is 2.70 bits per heavy atom. The largest absolute Gasteiger partial charge is 0.439 e. The number of ether oxygens (including phenoxy) is 1. The number of hydrogen-bond donors (Lipinski definition) is 2. The number of nitrogens with two attached hydrogens (primary N) is 1. The molecule has 1 aromatic carbocycles. The van der Waals surface area contributed by atoms with E-state index in [-0.39, 0.29) is 5.91 Å². The summed E-state index contributed by atoms with van der Waals surface area (Å²) in [6.45, 7) is 0. The number of anilines is 1. The van der Waals surface area contributed by atoms with Crippen LogP contribution >= 0.6 is 23.4 Å². The normalized spacial score (nSPS) is 11.8. The molecule has 0 radical (unpaired) electrons. The number of pyridine rings is 1. The summed E-state index contributed by atoms with van der Waals surface area (Å²) in [4.78, 5) is 16.0. The lowest BCUT2D eigenvalue weighted by atomic mass is 10.2. The molecule has 122 valence electrons. The van der Waals surface area contributed by atoms with Crippen LogP contribution in [0.5, 0.6) is 11.6 Å². The molecule has 1 atom stereocenters. The molecule has 0 aliphatic rings. The van der Waals surface area contributed by atoms with Gasteiger partial charge in [-0.2, -0.15) is 11.8 Å². The number of carbonyl (C=O) groups excluding carboxylic acids is 1. The summed E-state index contributed by atoms with van der Waals surface area (Å²) < 4.78 is 5.58. The quantitative estimate of drug-likeness (QED) is 0.797. The van der Waals surface area contributed by atoms with Crippen molar-refractivity contribution in [3.05, 3.63) is 47.6 Å². The smallest absolute Gasteiger partial charge is 0.241 e. The van der Waals surface area contributed by atoms with Crippen LogP contribution in [0.3, 0.4) is 0 Å². The maximum atomic E-state index is 11.9. The average Bonchev–Trinajstić information content (AvgIpc) is 2.56. The predicted molar refractivity (Wildman–Crippen MR) is 95.4 cm³/mol. The number of benzene rings is 1. The summed E-state index contributed by atoms with van der Waals surface area (Å²) in [5.74, 6) is 1.73. The molecule has 0 aliphatic carbocycles. The Hall–Kier alpha value is -1.76. The molecule has 0 bridgehead atoms. The first-order valence-corrected chi connectivity index (χ1v) is 8.80. The molecule has 0 saturated heterocycles. The minimum atomic E-state index is -0.503. The van der Waals surface area contributed by atoms with Crippen molar-refractivity contribution >= 4 is 35.0 Å². The van der Waals surface area contributed by atoms with Gasteiger partial charge in [-0.15, -0.1) is 0 Å². The highest BCUT2D eigenvalue weighted by Crippen LogP contribution is 2.22. The molecule has 0 fully saturated rings. The van der Waals surface area contributed by atoms with Gasteiger partial charge in [-0.05, 0) is 48.8 Å². The van der Waals surface area contributed by atoms with E-state index >= 15 is 0 Å². The fraction of sp³-hybridized carbons (Fsp3) is 0.250. The van der Waals surface area contributed by atoms with Crippen molar-refractivity contribution in [2.24, 2.45) is 5.73 Å². The molecule has 0 spiro atoms. The Balaban J connectivity index is 1.91. The lowest BCUT2D eigenvalue weighted by molar-refractivity contribution is -0.117. The number of nitrogens with zero attached hydrogens (tertiary/aromatic N) is 1. The Bertz CT molecular complexity index is 635. The van der Waals surface area contributed by atoms with E-state index in [1.807, 2.05) is 6.26 Å². The molecule has 0 aliphatic heterocycles. The Labute approximate surface area is 144 Å². The number of thioether (sulfide) groups is 1. The standard InChI is InChI=1S/C16H18ClN3O2S/c1-23-9-8-14(18)16(21)20-12-3-5-13(6-4-12)22-15-7-2-11(17)10-19-15/h2-7,10,14H,8-9,18H2,1H3,(H,20,21)/t14-/m0/s1. The second kappa shape index (κ2) is 8.76. The van der Waals surface area contributed by atoms with Gasteiger partial charge in [0.1, 0.15) is 5.75 Å². The van der Waals surface area contributed by atoms with E-state index < -0.39 is 6.04 Å². The number of aromatic nitrogens is 1. The van der Waals surface area contributed by atoms with E-state index in [2.05, 4.69) is 10.3 Å². The summed E-state index contributed by atoms with van der Waals surface area (Å²) >= 11 is 7.44. The van der Waals surface area contributed by atoms with Crippen LogP contribution in [0.25, 0.3) is 0 Å². The van der Waals surface area contributed by atoms with E-state index in [9.17, 15) is 4.79 Å². The van der Waals surface area contributed by atoms with Crippen LogP contribution in [-0.4, -0.2) is 28.9 Å². The zero-order valence-corrected chi connectivity index (χ0v) is 14.2. The number of halogens is 1. The molecule has 23 heavy (non-hydrogen) atoms. The summed E-state index contributed by atoms with van der Waals surface area (Å²) in [6, 6.07) is 9.89. The number of hydrogen-bond acceptors (Lipinski definition) is 5. The van der Waals surface area contributed by atoms with Crippen molar-refractivity contribution in [2.45, 2.75) is 12.5 Å². The van der Waals surface area contributed by atoms with Crippen LogP contribution in [0.15, 0.2) is 42.6 Å². The van der Waals surface area contributed by atoms with Crippen LogP contribution in [0.4, 0.5) is 5.69 Å². The maximum absolute atomic E-state index is 11.9. The third-order valence-electron chi connectivity index (χ3n) is 3.01. The molecule has 0 unspecified atom stereocenters. The minimum absolute atomic E-state index is 0.188. The summed E-state index contributed by atoms with van der Waals surface area (Å²) in [6.07, 6.45) is 4.15. The first-order chi connectivity index (χ1) is 11.1. The first-order valence-electron chi connectivity index (χ1n) is 7.03. The summed E-state index contributed by atoms with van der Waals surface area (Å²) in [5, 5.41) is 3.34. The van der Waals surface area contributed by atoms with Gasteiger partial charge in [0.15, 0.2) is 0 Å². The van der Waals surface area contributed by atoms with Crippen molar-refractivity contribution in [2.75, 3.05) is 17.3 Å². The topological polar surface area (TPSA) is 77.2 Å². The Morgan fingerprint density at radius 1 is 1.35 bits per heavy atom. The van der Waals surface area contributed by atoms with Crippen LogP contribution in [0.2, 0.25) is 5.02 Å². The molecule has 3 N–H and O–H groups in total. The van der Waals surface area contributed by atoms with Gasteiger partial charge in [-0.1, -0.05) is 11.6 Å². The highest BCUT2D eigenvalue weighted by atomic mass is 35.5. The van der Waals surface area contributed by atoms with Crippen LogP contribution in [0.1, 0.15) is 6.42 Å². The van der Waals surface area contributed by atoms with Crippen LogP contribution in [0, 0.1) is 0 Å². The highest BCUT2D eigenvalue weighted by molar-refractivity contribution is 7.98. The van der Waals surface area contributed by atoms with E-state index in [4.69, 9.17) is 22.1 Å². The molecule has 2 aromatic rings. The van der Waals surface area contributed by atoms with Gasteiger partial charge in [-0.25, -0.2) is 4.98 Å². The van der Waals surface area contributed by atoms with Gasteiger partial charge >= 0.3 is 0 Å². The van der Waals surface area contributed by atoms with Crippen molar-refractivity contribution < 1.29 is 9.53 Å². The van der Waals surface area contributed by atoms with Crippen molar-refractivity contribution in [1.82, 2.24) is 4.98 Å². The lowest BCUT2D eigenvalue weighted by Crippen LogP contribution is -2.36.